The molecule has 0 spiro atoms. The fraction of sp³-hybridized carbons (Fsp3) is 0.227. The van der Waals surface area contributed by atoms with Gasteiger partial charge in [0.05, 0.1) is 11.3 Å². The number of fused-ring (bicyclic) bond motifs is 1. The zero-order chi connectivity index (χ0) is 18.1. The molecule has 130 valence electrons. The lowest BCUT2D eigenvalue weighted by atomic mass is 9.82. The largest absolute Gasteiger partial charge is 0.324 e. The molecule has 1 aliphatic carbocycles. The number of Topliss-reactive ketones (excluding diaryl/α,β-unsaturated/α-hetero) is 1. The number of benzene rings is 2. The van der Waals surface area contributed by atoms with Gasteiger partial charge in [0.2, 0.25) is 5.95 Å². The summed E-state index contributed by atoms with van der Waals surface area (Å²) in [4.78, 5) is 21.5. The number of hydrogen-bond donors (Lipinski definition) is 1. The first-order chi connectivity index (χ1) is 12.6. The van der Waals surface area contributed by atoms with E-state index >= 15 is 0 Å². The molecular weight excluding hydrogens is 322 g/mol. The molecular formula is C22H21N3O. The van der Waals surface area contributed by atoms with Gasteiger partial charge in [-0.25, -0.2) is 9.97 Å². The van der Waals surface area contributed by atoms with Gasteiger partial charge in [-0.3, -0.25) is 4.79 Å². The maximum atomic E-state index is 12.5. The standard InChI is InChI=1S/C22H21N3O/c1-14-3-7-16(8-4-14)17-11-20-19(21(26)12-17)13-23-22(25-20)24-18-9-5-15(2)6-10-18/h3-10,13,17H,11-12H2,1-2H3,(H,23,24,25)/t17-/m1/s1. The second-order valence-electron chi connectivity index (χ2n) is 6.98. The van der Waals surface area contributed by atoms with Crippen LogP contribution in [0.4, 0.5) is 11.6 Å². The Balaban J connectivity index is 1.60. The van der Waals surface area contributed by atoms with Crippen molar-refractivity contribution in [1.82, 2.24) is 9.97 Å². The lowest BCUT2D eigenvalue weighted by Gasteiger charge is -2.23. The Labute approximate surface area is 153 Å². The number of hydrogen-bond acceptors (Lipinski definition) is 4. The van der Waals surface area contributed by atoms with Crippen molar-refractivity contribution in [2.75, 3.05) is 5.32 Å². The fourth-order valence-corrected chi connectivity index (χ4v) is 3.35. The van der Waals surface area contributed by atoms with E-state index in [1.807, 2.05) is 24.3 Å². The quantitative estimate of drug-likeness (QED) is 0.745. The van der Waals surface area contributed by atoms with Crippen molar-refractivity contribution in [3.8, 4) is 0 Å². The Morgan fingerprint density at radius 3 is 2.27 bits per heavy atom. The Bertz CT molecular complexity index is 946. The van der Waals surface area contributed by atoms with E-state index in [2.05, 4.69) is 53.4 Å². The van der Waals surface area contributed by atoms with Crippen LogP contribution in [0.25, 0.3) is 0 Å². The van der Waals surface area contributed by atoms with Crippen molar-refractivity contribution in [1.29, 1.82) is 0 Å². The van der Waals surface area contributed by atoms with Crippen LogP contribution in [-0.4, -0.2) is 15.8 Å². The van der Waals surface area contributed by atoms with Crippen LogP contribution >= 0.6 is 0 Å². The summed E-state index contributed by atoms with van der Waals surface area (Å²) in [5.74, 6) is 0.835. The number of carbonyl (C=O) groups excluding carboxylic acids is 1. The van der Waals surface area contributed by atoms with Crippen molar-refractivity contribution >= 4 is 17.4 Å². The predicted octanol–water partition coefficient (Wildman–Crippen LogP) is 4.75. The molecule has 0 saturated heterocycles. The third-order valence-electron chi connectivity index (χ3n) is 4.90. The van der Waals surface area contributed by atoms with Crippen molar-refractivity contribution in [3.05, 3.63) is 82.7 Å². The van der Waals surface area contributed by atoms with E-state index in [1.165, 1.54) is 16.7 Å². The first kappa shape index (κ1) is 16.5. The van der Waals surface area contributed by atoms with Crippen LogP contribution in [0.2, 0.25) is 0 Å². The molecule has 0 amide bonds. The third kappa shape index (κ3) is 3.36. The van der Waals surface area contributed by atoms with E-state index in [-0.39, 0.29) is 11.7 Å². The van der Waals surface area contributed by atoms with Gasteiger partial charge in [0.15, 0.2) is 5.78 Å². The Morgan fingerprint density at radius 1 is 0.923 bits per heavy atom. The van der Waals surface area contributed by atoms with Crippen molar-refractivity contribution in [3.63, 3.8) is 0 Å². The van der Waals surface area contributed by atoms with Crippen LogP contribution < -0.4 is 5.32 Å². The highest BCUT2D eigenvalue weighted by atomic mass is 16.1. The van der Waals surface area contributed by atoms with E-state index < -0.39 is 0 Å². The highest BCUT2D eigenvalue weighted by Crippen LogP contribution is 2.32. The fourth-order valence-electron chi connectivity index (χ4n) is 3.35. The molecule has 0 fully saturated rings. The van der Waals surface area contributed by atoms with Gasteiger partial charge in [-0.15, -0.1) is 0 Å². The SMILES string of the molecule is Cc1ccc(Nc2ncc3c(n2)C[C@@H](c2ccc(C)cc2)CC3=O)cc1. The number of anilines is 2. The van der Waals surface area contributed by atoms with Gasteiger partial charge >= 0.3 is 0 Å². The summed E-state index contributed by atoms with van der Waals surface area (Å²) in [7, 11) is 0. The summed E-state index contributed by atoms with van der Waals surface area (Å²) in [5.41, 5.74) is 6.05. The van der Waals surface area contributed by atoms with Crippen molar-refractivity contribution in [2.45, 2.75) is 32.6 Å². The monoisotopic (exact) mass is 343 g/mol. The number of nitrogens with zero attached hydrogens (tertiary/aromatic N) is 2. The summed E-state index contributed by atoms with van der Waals surface area (Å²) < 4.78 is 0. The van der Waals surface area contributed by atoms with Crippen molar-refractivity contribution in [2.24, 2.45) is 0 Å². The molecule has 3 aromatic rings. The van der Waals surface area contributed by atoms with Crippen LogP contribution in [0.1, 0.15) is 45.1 Å². The predicted molar refractivity (Wildman–Crippen MR) is 103 cm³/mol. The Kier molecular flexibility index (Phi) is 4.25. The molecule has 1 heterocycles. The van der Waals surface area contributed by atoms with Crippen LogP contribution in [0.15, 0.2) is 54.7 Å². The number of carbonyl (C=O) groups is 1. The molecule has 26 heavy (non-hydrogen) atoms. The number of aromatic nitrogens is 2. The zero-order valence-corrected chi connectivity index (χ0v) is 15.0. The smallest absolute Gasteiger partial charge is 0.227 e. The minimum Gasteiger partial charge on any atom is -0.324 e. The molecule has 0 unspecified atom stereocenters. The first-order valence-corrected chi connectivity index (χ1v) is 8.88. The van der Waals surface area contributed by atoms with Crippen molar-refractivity contribution < 1.29 is 4.79 Å². The summed E-state index contributed by atoms with van der Waals surface area (Å²) in [6, 6.07) is 16.5. The van der Waals surface area contributed by atoms with Crippen LogP contribution in [0, 0.1) is 13.8 Å². The number of nitrogens with one attached hydrogen (secondary N) is 1. The van der Waals surface area contributed by atoms with Crippen LogP contribution in [0.3, 0.4) is 0 Å². The molecule has 0 aliphatic heterocycles. The topological polar surface area (TPSA) is 54.9 Å². The molecule has 0 saturated carbocycles. The van der Waals surface area contributed by atoms with E-state index in [0.29, 0.717) is 17.9 Å². The Hall–Kier alpha value is -3.01. The lowest BCUT2D eigenvalue weighted by Crippen LogP contribution is -2.21. The van der Waals surface area contributed by atoms with Crippen LogP contribution in [0.5, 0.6) is 0 Å². The Morgan fingerprint density at radius 2 is 1.58 bits per heavy atom. The molecule has 4 rings (SSSR count). The van der Waals surface area contributed by atoms with E-state index in [0.717, 1.165) is 17.8 Å². The van der Waals surface area contributed by atoms with E-state index in [4.69, 9.17) is 0 Å². The molecule has 0 bridgehead atoms. The normalized spacial score (nSPS) is 16.2. The summed E-state index contributed by atoms with van der Waals surface area (Å²) in [6.07, 6.45) is 2.94. The molecule has 4 nitrogen and oxygen atoms in total. The maximum absolute atomic E-state index is 12.5. The summed E-state index contributed by atoms with van der Waals surface area (Å²) in [6.45, 7) is 4.12. The molecule has 2 aromatic carbocycles. The zero-order valence-electron chi connectivity index (χ0n) is 15.0. The van der Waals surface area contributed by atoms with Gasteiger partial charge in [0, 0.05) is 18.3 Å². The average molecular weight is 343 g/mol. The molecule has 0 radical (unpaired) electrons. The highest BCUT2D eigenvalue weighted by Gasteiger charge is 2.28. The molecule has 4 heteroatoms. The highest BCUT2D eigenvalue weighted by molar-refractivity contribution is 5.98. The molecule has 1 N–H and O–H groups in total. The molecule has 1 aliphatic rings. The van der Waals surface area contributed by atoms with Crippen LogP contribution in [-0.2, 0) is 6.42 Å². The third-order valence-corrected chi connectivity index (χ3v) is 4.90. The second-order valence-corrected chi connectivity index (χ2v) is 6.98. The van der Waals surface area contributed by atoms with E-state index in [9.17, 15) is 4.79 Å². The molecule has 1 aromatic heterocycles. The maximum Gasteiger partial charge on any atom is 0.227 e. The van der Waals surface area contributed by atoms with E-state index in [1.54, 1.807) is 6.20 Å². The van der Waals surface area contributed by atoms with Gasteiger partial charge in [-0.1, -0.05) is 47.5 Å². The summed E-state index contributed by atoms with van der Waals surface area (Å²) >= 11 is 0. The molecule has 1 atom stereocenters. The lowest BCUT2D eigenvalue weighted by molar-refractivity contribution is 0.0962. The second kappa shape index (κ2) is 6.71. The minimum atomic E-state index is 0.124. The van der Waals surface area contributed by atoms with Gasteiger partial charge in [0.1, 0.15) is 0 Å². The number of ketones is 1. The van der Waals surface area contributed by atoms with Gasteiger partial charge in [-0.2, -0.15) is 0 Å². The number of aryl methyl sites for hydroxylation is 2. The average Bonchev–Trinajstić information content (AvgIpc) is 2.64. The summed E-state index contributed by atoms with van der Waals surface area (Å²) in [5, 5.41) is 3.22. The van der Waals surface area contributed by atoms with Gasteiger partial charge in [0.25, 0.3) is 0 Å². The first-order valence-electron chi connectivity index (χ1n) is 8.88. The number of rotatable bonds is 3. The minimum absolute atomic E-state index is 0.124. The van der Waals surface area contributed by atoms with Gasteiger partial charge < -0.3 is 5.32 Å². The van der Waals surface area contributed by atoms with Gasteiger partial charge in [-0.05, 0) is 43.9 Å².